The number of carbonyl (C=O) groups is 1. The van der Waals surface area contributed by atoms with Crippen molar-refractivity contribution in [2.24, 2.45) is 39.8 Å². The Labute approximate surface area is 423 Å². The van der Waals surface area contributed by atoms with Crippen molar-refractivity contribution in [1.29, 1.82) is 0 Å². The van der Waals surface area contributed by atoms with E-state index in [2.05, 4.69) is 66.6 Å². The number of nitrogens with two attached hydrogens (primary N) is 1. The van der Waals surface area contributed by atoms with Crippen LogP contribution in [-0.2, 0) is 27.9 Å². The minimum atomic E-state index is -0.346. The number of carbonyl (C=O) groups excluding carboxylic acids is 1. The molecular formula is C63H79N3O5. The van der Waals surface area contributed by atoms with E-state index in [0.29, 0.717) is 49.1 Å². The van der Waals surface area contributed by atoms with E-state index < -0.39 is 0 Å². The summed E-state index contributed by atoms with van der Waals surface area (Å²) in [4.78, 5) is 19.3. The maximum atomic E-state index is 13.8. The molecule has 5 fully saturated rings. The molecule has 8 atom stereocenters. The van der Waals surface area contributed by atoms with Crippen LogP contribution in [0.2, 0.25) is 0 Å². The Balaban J connectivity index is 1.10. The lowest BCUT2D eigenvalue weighted by Gasteiger charge is -2.62. The normalized spacial score (nSPS) is 30.2. The summed E-state index contributed by atoms with van der Waals surface area (Å²) in [6.07, 6.45) is 29.9. The zero-order valence-corrected chi connectivity index (χ0v) is 42.7. The standard InChI is InChI=1S/C63H79N3O5/c1-40-30-53-45-32-43(34-50(68)36-45)31-42-17-12-18-47(33-42)63(27-10-3-11-28-63)66-61(64)65-48-19-13-23-52-44(24-25-49(67)20-7-6-16-41-14-4-5-15-41)38-56(71-51-21-8-9-22-51)60(69)58(52)59-57-46(35-48)37-54(53)62(59,39-40)29-26-55(57)70-2/h7,12,17-18,20,32-34,36-38,40-41,46,48,51,53,55,57,59,68-69H,3-6,8-11,14-16,19,21-22,24-31,35,39H2,1-2H3,(H3,64,65,66). The lowest BCUT2D eigenvalue weighted by Crippen LogP contribution is -2.54. The summed E-state index contributed by atoms with van der Waals surface area (Å²) in [7, 11) is 1.87. The Morgan fingerprint density at radius 3 is 2.58 bits per heavy atom. The molecule has 5 saturated carbocycles. The number of aryl methyl sites for hydroxylation is 1. The second-order valence-electron chi connectivity index (χ2n) is 23.7. The fourth-order valence-corrected chi connectivity index (χ4v) is 15.9. The van der Waals surface area contributed by atoms with Gasteiger partial charge in [0.2, 0.25) is 0 Å². The Morgan fingerprint density at radius 2 is 1.76 bits per heavy atom. The molecule has 1 heterocycles. The van der Waals surface area contributed by atoms with Crippen LogP contribution in [0.1, 0.15) is 199 Å². The van der Waals surface area contributed by atoms with Gasteiger partial charge >= 0.3 is 0 Å². The number of aliphatic imine (C=N–C) groups is 1. The van der Waals surface area contributed by atoms with Gasteiger partial charge in [-0.1, -0.05) is 112 Å². The summed E-state index contributed by atoms with van der Waals surface area (Å²) in [5, 5.41) is 28.8. The van der Waals surface area contributed by atoms with Crippen molar-refractivity contribution in [1.82, 2.24) is 5.32 Å². The lowest BCUT2D eigenvalue weighted by atomic mass is 9.43. The van der Waals surface area contributed by atoms with E-state index in [9.17, 15) is 15.0 Å². The van der Waals surface area contributed by atoms with Gasteiger partial charge in [-0.25, -0.2) is 4.99 Å². The predicted molar refractivity (Wildman–Crippen MR) is 283 cm³/mol. The Hall–Kier alpha value is -5.00. The van der Waals surface area contributed by atoms with Crippen molar-refractivity contribution in [3.8, 4) is 29.1 Å². The average molecular weight is 958 g/mol. The number of nitrogens with zero attached hydrogens (tertiary/aromatic N) is 1. The number of fused-ring (bicyclic) bond motifs is 8. The van der Waals surface area contributed by atoms with Crippen molar-refractivity contribution in [2.75, 3.05) is 7.11 Å². The molecule has 8 unspecified atom stereocenters. The summed E-state index contributed by atoms with van der Waals surface area (Å²) in [6.45, 7) is 2.41. The van der Waals surface area contributed by atoms with Crippen LogP contribution in [0.3, 0.4) is 0 Å². The van der Waals surface area contributed by atoms with Gasteiger partial charge in [-0.15, -0.1) is 0 Å². The molecule has 8 heteroatoms. The van der Waals surface area contributed by atoms with E-state index in [1.807, 2.05) is 31.4 Å². The van der Waals surface area contributed by atoms with Gasteiger partial charge in [0.1, 0.15) is 5.75 Å². The number of rotatable bonds is 10. The number of allylic oxidation sites excluding steroid dienone is 4. The topological polar surface area (TPSA) is 126 Å². The van der Waals surface area contributed by atoms with Gasteiger partial charge in [0.15, 0.2) is 23.2 Å². The van der Waals surface area contributed by atoms with Crippen LogP contribution < -0.4 is 15.8 Å². The largest absolute Gasteiger partial charge is 0.508 e. The van der Waals surface area contributed by atoms with Crippen LogP contribution in [-0.4, -0.2) is 47.3 Å². The van der Waals surface area contributed by atoms with E-state index in [1.165, 1.54) is 48.8 Å². The molecule has 1 aliphatic heterocycles. The van der Waals surface area contributed by atoms with Gasteiger partial charge in [-0.2, -0.15) is 0 Å². The van der Waals surface area contributed by atoms with Crippen molar-refractivity contribution < 1.29 is 24.5 Å². The van der Waals surface area contributed by atoms with E-state index in [0.717, 1.165) is 130 Å². The average Bonchev–Trinajstić information content (AvgIpc) is 4.09. The lowest BCUT2D eigenvalue weighted by molar-refractivity contribution is -0.114. The first kappa shape index (κ1) is 48.3. The fourth-order valence-electron chi connectivity index (χ4n) is 15.9. The maximum absolute atomic E-state index is 13.8. The van der Waals surface area contributed by atoms with Gasteiger partial charge in [-0.3, -0.25) is 4.79 Å². The van der Waals surface area contributed by atoms with E-state index >= 15 is 0 Å². The summed E-state index contributed by atoms with van der Waals surface area (Å²) < 4.78 is 13.6. The highest BCUT2D eigenvalue weighted by Gasteiger charge is 2.61. The minimum Gasteiger partial charge on any atom is -0.508 e. The molecule has 7 aliphatic carbocycles. The smallest absolute Gasteiger partial charge is 0.189 e. The zero-order chi connectivity index (χ0) is 48.7. The van der Waals surface area contributed by atoms with Crippen LogP contribution in [0.25, 0.3) is 0 Å². The summed E-state index contributed by atoms with van der Waals surface area (Å²) in [6, 6.07) is 17.2. The summed E-state index contributed by atoms with van der Waals surface area (Å²) in [5.41, 5.74) is 15.4. The molecule has 3 aromatic rings. The fraction of sp³-hybridized carbons (Fsp3) is 0.587. The minimum absolute atomic E-state index is 0.00637. The Morgan fingerprint density at radius 1 is 0.944 bits per heavy atom. The van der Waals surface area contributed by atoms with E-state index in [-0.39, 0.29) is 64.4 Å². The number of ether oxygens (including phenoxy) is 2. The molecule has 8 aliphatic rings. The number of ketones is 1. The summed E-state index contributed by atoms with van der Waals surface area (Å²) >= 11 is 0. The van der Waals surface area contributed by atoms with Crippen molar-refractivity contribution >= 4 is 11.7 Å². The van der Waals surface area contributed by atoms with E-state index in [1.54, 1.807) is 0 Å². The predicted octanol–water partition coefficient (Wildman–Crippen LogP) is 12.9. The number of guanidine groups is 1. The number of methoxy groups -OCH3 is 1. The first-order valence-corrected chi connectivity index (χ1v) is 28.1. The highest BCUT2D eigenvalue weighted by atomic mass is 16.5. The molecule has 3 aromatic carbocycles. The first-order chi connectivity index (χ1) is 34.6. The number of aromatic hydroxyl groups is 2. The summed E-state index contributed by atoms with van der Waals surface area (Å²) in [5.74, 6) is 10.2. The van der Waals surface area contributed by atoms with Gasteiger partial charge in [0.05, 0.1) is 23.8 Å². The molecule has 71 heavy (non-hydrogen) atoms. The second kappa shape index (κ2) is 20.5. The molecule has 11 rings (SSSR count). The molecule has 2 spiro atoms. The molecule has 0 saturated heterocycles. The number of hydrogen-bond donors (Lipinski definition) is 4. The van der Waals surface area contributed by atoms with Crippen LogP contribution in [0, 0.1) is 40.9 Å². The monoisotopic (exact) mass is 958 g/mol. The molecule has 0 aromatic heterocycles. The number of phenolic OH excluding ortho intramolecular Hbond substituents is 2. The molecule has 10 bridgehead atoms. The Kier molecular flexibility index (Phi) is 13.9. The van der Waals surface area contributed by atoms with E-state index in [4.69, 9.17) is 20.2 Å². The van der Waals surface area contributed by atoms with Gasteiger partial charge in [0, 0.05) is 42.9 Å². The van der Waals surface area contributed by atoms with Crippen molar-refractivity contribution in [3.63, 3.8) is 0 Å². The van der Waals surface area contributed by atoms with Crippen LogP contribution >= 0.6 is 0 Å². The number of nitrogens with one attached hydrogen (secondary N) is 1. The molecule has 376 valence electrons. The van der Waals surface area contributed by atoms with Crippen molar-refractivity contribution in [3.05, 3.63) is 111 Å². The third-order valence-electron chi connectivity index (χ3n) is 19.0. The van der Waals surface area contributed by atoms with Crippen LogP contribution in [0.5, 0.6) is 17.2 Å². The molecule has 0 amide bonds. The molecule has 0 radical (unpaired) electrons. The second-order valence-corrected chi connectivity index (χ2v) is 23.7. The van der Waals surface area contributed by atoms with Crippen molar-refractivity contribution in [2.45, 2.75) is 197 Å². The number of hydrogen-bond acceptors (Lipinski definition) is 8. The number of benzene rings is 3. The third-order valence-corrected chi connectivity index (χ3v) is 19.0. The SMILES string of the molecule is COC1CCC23CC(C)CC4C2=CC2CC(CC#Cc5c(CCC(=O)C=CCCC6CCCC6)cc(OC6CCCC6)c(O)c5C3C21)N=C(N)NC1(CCCCC1)c1cccc(c1)Cc1cc(O)cc4c1. The highest BCUT2D eigenvalue weighted by Crippen LogP contribution is 2.70. The first-order valence-electron chi connectivity index (χ1n) is 28.1. The molecule has 5 N–H and O–H groups in total. The molecular weight excluding hydrogens is 879 g/mol. The van der Waals surface area contributed by atoms with Gasteiger partial charge in [0.25, 0.3) is 0 Å². The van der Waals surface area contributed by atoms with Crippen LogP contribution in [0.15, 0.2) is 77.3 Å². The van der Waals surface area contributed by atoms with Crippen LogP contribution in [0.4, 0.5) is 0 Å². The highest BCUT2D eigenvalue weighted by molar-refractivity contribution is 5.89. The quantitative estimate of drug-likeness (QED) is 0.0906. The maximum Gasteiger partial charge on any atom is 0.189 e. The Bertz CT molecular complexity index is 2620. The van der Waals surface area contributed by atoms with Gasteiger partial charge < -0.3 is 30.7 Å². The zero-order valence-electron chi connectivity index (χ0n) is 42.7. The van der Waals surface area contributed by atoms with Gasteiger partial charge in [-0.05, 0) is 177 Å². The third kappa shape index (κ3) is 9.71. The number of phenols is 2. The molecule has 8 nitrogen and oxygen atoms in total.